The Balaban J connectivity index is 1.56. The maximum atomic E-state index is 12.5. The Hall–Kier alpha value is -1.35. The van der Waals surface area contributed by atoms with Crippen LogP contribution >= 0.6 is 0 Å². The topological polar surface area (TPSA) is 32.3 Å². The van der Waals surface area contributed by atoms with E-state index in [0.717, 1.165) is 38.8 Å². The number of rotatable bonds is 3. The zero-order valence-corrected chi connectivity index (χ0v) is 13.1. The van der Waals surface area contributed by atoms with Gasteiger partial charge in [0.25, 0.3) is 0 Å². The van der Waals surface area contributed by atoms with E-state index in [1.165, 1.54) is 11.1 Å². The number of piperidine rings is 1. The molecule has 1 unspecified atom stereocenters. The number of carbonyl (C=O) groups excluding carboxylic acids is 1. The Morgan fingerprint density at radius 2 is 1.90 bits per heavy atom. The van der Waals surface area contributed by atoms with Crippen LogP contribution in [0.15, 0.2) is 24.3 Å². The average Bonchev–Trinajstić information content (AvgIpc) is 2.91. The van der Waals surface area contributed by atoms with E-state index in [0.29, 0.717) is 6.04 Å². The van der Waals surface area contributed by atoms with Crippen LogP contribution in [0.4, 0.5) is 0 Å². The first-order chi connectivity index (χ1) is 10.1. The van der Waals surface area contributed by atoms with Gasteiger partial charge in [0.15, 0.2) is 0 Å². The highest BCUT2D eigenvalue weighted by Gasteiger charge is 2.29. The van der Waals surface area contributed by atoms with Gasteiger partial charge in [-0.15, -0.1) is 0 Å². The van der Waals surface area contributed by atoms with E-state index in [4.69, 9.17) is 0 Å². The highest BCUT2D eigenvalue weighted by molar-refractivity contribution is 5.79. The number of hydrogen-bond donors (Lipinski definition) is 1. The monoisotopic (exact) mass is 286 g/mol. The first-order valence-corrected chi connectivity index (χ1v) is 8.27. The van der Waals surface area contributed by atoms with Crippen LogP contribution in [0.5, 0.6) is 0 Å². The summed E-state index contributed by atoms with van der Waals surface area (Å²) in [6.45, 7) is 6.57. The number of likely N-dealkylation sites (tertiary alicyclic amines) is 1. The lowest BCUT2D eigenvalue weighted by Crippen LogP contribution is -2.43. The summed E-state index contributed by atoms with van der Waals surface area (Å²) in [4.78, 5) is 15.0. The van der Waals surface area contributed by atoms with Crippen molar-refractivity contribution >= 4 is 5.91 Å². The van der Waals surface area contributed by atoms with E-state index in [1.54, 1.807) is 0 Å². The van der Waals surface area contributed by atoms with Gasteiger partial charge in [0.1, 0.15) is 0 Å². The predicted molar refractivity (Wildman–Crippen MR) is 85.1 cm³/mol. The standard InChI is InChI=1S/C18H26N2O/c1-13(2)20-11-9-15(10-12-20)18(21)19-17-8-7-14-5-3-4-6-16(14)17/h3-6,13,15,17H,7-12H2,1-2H3,(H,19,21). The molecule has 1 aromatic carbocycles. The van der Waals surface area contributed by atoms with E-state index < -0.39 is 0 Å². The molecule has 1 saturated heterocycles. The quantitative estimate of drug-likeness (QED) is 0.926. The first-order valence-electron chi connectivity index (χ1n) is 8.27. The zero-order chi connectivity index (χ0) is 14.8. The van der Waals surface area contributed by atoms with E-state index in [9.17, 15) is 4.79 Å². The Morgan fingerprint density at radius 3 is 2.62 bits per heavy atom. The molecular weight excluding hydrogens is 260 g/mol. The van der Waals surface area contributed by atoms with Crippen LogP contribution < -0.4 is 5.32 Å². The third-order valence-corrected chi connectivity index (χ3v) is 5.08. The molecular formula is C18H26N2O. The van der Waals surface area contributed by atoms with Crippen molar-refractivity contribution in [1.29, 1.82) is 0 Å². The minimum atomic E-state index is 0.202. The molecule has 1 atom stereocenters. The molecule has 0 aromatic heterocycles. The molecule has 3 heteroatoms. The van der Waals surface area contributed by atoms with E-state index in [2.05, 4.69) is 48.3 Å². The van der Waals surface area contributed by atoms with Crippen molar-refractivity contribution in [2.24, 2.45) is 5.92 Å². The summed E-state index contributed by atoms with van der Waals surface area (Å²) in [5.41, 5.74) is 2.72. The molecule has 1 heterocycles. The number of benzene rings is 1. The molecule has 3 nitrogen and oxygen atoms in total. The van der Waals surface area contributed by atoms with Crippen LogP contribution in [0.3, 0.4) is 0 Å². The van der Waals surface area contributed by atoms with Gasteiger partial charge in [-0.25, -0.2) is 0 Å². The first kappa shape index (κ1) is 14.6. The maximum Gasteiger partial charge on any atom is 0.223 e. The third kappa shape index (κ3) is 3.13. The molecule has 21 heavy (non-hydrogen) atoms. The molecule has 0 radical (unpaired) electrons. The Bertz CT molecular complexity index is 504. The SMILES string of the molecule is CC(C)N1CCC(C(=O)NC2CCc3ccccc32)CC1. The van der Waals surface area contributed by atoms with Gasteiger partial charge in [-0.05, 0) is 63.7 Å². The van der Waals surface area contributed by atoms with Crippen LogP contribution in [0.1, 0.15) is 50.3 Å². The normalized spacial score (nSPS) is 23.3. The van der Waals surface area contributed by atoms with Crippen molar-refractivity contribution in [2.75, 3.05) is 13.1 Å². The smallest absolute Gasteiger partial charge is 0.223 e. The Morgan fingerprint density at radius 1 is 1.19 bits per heavy atom. The molecule has 3 rings (SSSR count). The lowest BCUT2D eigenvalue weighted by molar-refractivity contribution is -0.127. The minimum Gasteiger partial charge on any atom is -0.349 e. The lowest BCUT2D eigenvalue weighted by Gasteiger charge is -2.34. The van der Waals surface area contributed by atoms with Gasteiger partial charge in [0, 0.05) is 12.0 Å². The summed E-state index contributed by atoms with van der Waals surface area (Å²) in [7, 11) is 0. The van der Waals surface area contributed by atoms with Gasteiger partial charge in [-0.3, -0.25) is 4.79 Å². The van der Waals surface area contributed by atoms with Gasteiger partial charge in [-0.2, -0.15) is 0 Å². The van der Waals surface area contributed by atoms with E-state index in [1.807, 2.05) is 0 Å². The minimum absolute atomic E-state index is 0.202. The van der Waals surface area contributed by atoms with Crippen molar-refractivity contribution in [3.05, 3.63) is 35.4 Å². The number of nitrogens with one attached hydrogen (secondary N) is 1. The summed E-state index contributed by atoms with van der Waals surface area (Å²) >= 11 is 0. The average molecular weight is 286 g/mol. The van der Waals surface area contributed by atoms with Crippen molar-refractivity contribution in [3.63, 3.8) is 0 Å². The third-order valence-electron chi connectivity index (χ3n) is 5.08. The second-order valence-electron chi connectivity index (χ2n) is 6.70. The van der Waals surface area contributed by atoms with Crippen LogP contribution in [-0.2, 0) is 11.2 Å². The van der Waals surface area contributed by atoms with Gasteiger partial charge in [0.2, 0.25) is 5.91 Å². The molecule has 0 saturated carbocycles. The molecule has 1 N–H and O–H groups in total. The fraction of sp³-hybridized carbons (Fsp3) is 0.611. The van der Waals surface area contributed by atoms with E-state index in [-0.39, 0.29) is 17.9 Å². The fourth-order valence-electron chi connectivity index (χ4n) is 3.67. The highest BCUT2D eigenvalue weighted by Crippen LogP contribution is 2.31. The molecule has 1 aliphatic heterocycles. The largest absolute Gasteiger partial charge is 0.349 e. The Kier molecular flexibility index (Phi) is 4.29. The van der Waals surface area contributed by atoms with E-state index >= 15 is 0 Å². The highest BCUT2D eigenvalue weighted by atomic mass is 16.1. The number of nitrogens with zero attached hydrogens (tertiary/aromatic N) is 1. The molecule has 0 bridgehead atoms. The molecule has 1 fully saturated rings. The van der Waals surface area contributed by atoms with Crippen LogP contribution in [0, 0.1) is 5.92 Å². The predicted octanol–water partition coefficient (Wildman–Crippen LogP) is 2.91. The molecule has 1 amide bonds. The van der Waals surface area contributed by atoms with Gasteiger partial charge < -0.3 is 10.2 Å². The Labute approximate surface area is 127 Å². The summed E-state index contributed by atoms with van der Waals surface area (Å²) in [5, 5.41) is 3.29. The number of hydrogen-bond acceptors (Lipinski definition) is 2. The van der Waals surface area contributed by atoms with Gasteiger partial charge >= 0.3 is 0 Å². The van der Waals surface area contributed by atoms with Crippen molar-refractivity contribution in [1.82, 2.24) is 10.2 Å². The fourth-order valence-corrected chi connectivity index (χ4v) is 3.67. The number of fused-ring (bicyclic) bond motifs is 1. The second-order valence-corrected chi connectivity index (χ2v) is 6.70. The summed E-state index contributed by atoms with van der Waals surface area (Å²) < 4.78 is 0. The van der Waals surface area contributed by atoms with Crippen molar-refractivity contribution in [2.45, 2.75) is 51.6 Å². The summed E-state index contributed by atoms with van der Waals surface area (Å²) in [6, 6.07) is 9.33. The van der Waals surface area contributed by atoms with Crippen LogP contribution in [0.25, 0.3) is 0 Å². The molecule has 0 spiro atoms. The second kappa shape index (κ2) is 6.18. The van der Waals surface area contributed by atoms with Crippen molar-refractivity contribution in [3.8, 4) is 0 Å². The van der Waals surface area contributed by atoms with Gasteiger partial charge in [-0.1, -0.05) is 24.3 Å². The molecule has 1 aliphatic carbocycles. The molecule has 2 aliphatic rings. The number of aryl methyl sites for hydroxylation is 1. The number of carbonyl (C=O) groups is 1. The van der Waals surface area contributed by atoms with Crippen LogP contribution in [-0.4, -0.2) is 29.9 Å². The van der Waals surface area contributed by atoms with Gasteiger partial charge in [0.05, 0.1) is 6.04 Å². The van der Waals surface area contributed by atoms with Crippen molar-refractivity contribution < 1.29 is 4.79 Å². The van der Waals surface area contributed by atoms with Crippen LogP contribution in [0.2, 0.25) is 0 Å². The maximum absolute atomic E-state index is 12.5. The lowest BCUT2D eigenvalue weighted by atomic mass is 9.94. The summed E-state index contributed by atoms with van der Waals surface area (Å²) in [6.07, 6.45) is 4.14. The number of amides is 1. The summed E-state index contributed by atoms with van der Waals surface area (Å²) in [5.74, 6) is 0.466. The zero-order valence-electron chi connectivity index (χ0n) is 13.1. The molecule has 114 valence electrons. The molecule has 1 aromatic rings.